The highest BCUT2D eigenvalue weighted by Crippen LogP contribution is 2.38. The van der Waals surface area contributed by atoms with Crippen LogP contribution in [0.5, 0.6) is 0 Å². The summed E-state index contributed by atoms with van der Waals surface area (Å²) in [6.07, 6.45) is 0. The summed E-state index contributed by atoms with van der Waals surface area (Å²) >= 11 is 15.0. The van der Waals surface area contributed by atoms with E-state index in [-0.39, 0.29) is 11.2 Å². The molecular formula is C17H10Cl2FI. The Morgan fingerprint density at radius 1 is 0.905 bits per heavy atom. The largest absolute Gasteiger partial charge is 0.207 e. The molecule has 0 aromatic heterocycles. The smallest absolute Gasteiger partial charge is 0.124 e. The lowest BCUT2D eigenvalue weighted by Gasteiger charge is -2.15. The molecule has 0 saturated heterocycles. The lowest BCUT2D eigenvalue weighted by atomic mass is 9.98. The molecule has 0 aliphatic heterocycles. The number of alkyl halides is 1. The second-order valence-corrected chi connectivity index (χ2v) is 6.72. The van der Waals surface area contributed by atoms with Crippen molar-refractivity contribution in [3.8, 4) is 0 Å². The first-order valence-electron chi connectivity index (χ1n) is 6.34. The molecule has 3 aromatic carbocycles. The minimum atomic E-state index is -0.348. The third-order valence-corrected chi connectivity index (χ3v) is 5.15. The van der Waals surface area contributed by atoms with Crippen LogP contribution >= 0.6 is 45.8 Å². The summed E-state index contributed by atoms with van der Waals surface area (Å²) in [6.45, 7) is 0. The van der Waals surface area contributed by atoms with Gasteiger partial charge in [0.25, 0.3) is 0 Å². The molecule has 0 heterocycles. The standard InChI is InChI=1S/C17H10Cl2FI/c18-15-8-7-13(11-3-1-2-4-12(11)15)17(19)14-6-5-10(20)9-16(14)21/h1-9,17H. The number of hydrogen-bond acceptors (Lipinski definition) is 0. The van der Waals surface area contributed by atoms with Crippen LogP contribution in [0.15, 0.2) is 54.6 Å². The van der Waals surface area contributed by atoms with Crippen LogP contribution in [-0.4, -0.2) is 0 Å². The predicted octanol–water partition coefficient (Wildman–Crippen LogP) is 6.57. The summed E-state index contributed by atoms with van der Waals surface area (Å²) in [7, 11) is 0. The average molecular weight is 431 g/mol. The summed E-state index contributed by atoms with van der Waals surface area (Å²) in [5, 5.41) is 2.34. The van der Waals surface area contributed by atoms with Crippen molar-refractivity contribution in [3.63, 3.8) is 0 Å². The van der Waals surface area contributed by atoms with Gasteiger partial charge in [0.05, 0.1) is 5.38 Å². The topological polar surface area (TPSA) is 0 Å². The normalized spacial score (nSPS) is 12.6. The third kappa shape index (κ3) is 2.89. The molecule has 1 unspecified atom stereocenters. The van der Waals surface area contributed by atoms with Gasteiger partial charge in [0.2, 0.25) is 0 Å². The van der Waals surface area contributed by atoms with Crippen molar-refractivity contribution in [3.05, 3.63) is 80.1 Å². The van der Waals surface area contributed by atoms with E-state index < -0.39 is 0 Å². The van der Waals surface area contributed by atoms with Gasteiger partial charge in [-0.1, -0.05) is 48.0 Å². The number of hydrogen-bond donors (Lipinski definition) is 0. The van der Waals surface area contributed by atoms with Crippen LogP contribution in [-0.2, 0) is 0 Å². The second-order valence-electron chi connectivity index (χ2n) is 4.71. The van der Waals surface area contributed by atoms with Gasteiger partial charge in [-0.15, -0.1) is 11.6 Å². The Bertz CT molecular complexity index is 817. The fraction of sp³-hybridized carbons (Fsp3) is 0.0588. The van der Waals surface area contributed by atoms with Crippen LogP contribution in [0.25, 0.3) is 10.8 Å². The first kappa shape index (κ1) is 15.1. The monoisotopic (exact) mass is 430 g/mol. The Kier molecular flexibility index (Phi) is 4.38. The Morgan fingerprint density at radius 3 is 2.29 bits per heavy atom. The molecule has 0 saturated carbocycles. The molecule has 0 nitrogen and oxygen atoms in total. The van der Waals surface area contributed by atoms with Gasteiger partial charge >= 0.3 is 0 Å². The number of benzene rings is 3. The highest BCUT2D eigenvalue weighted by molar-refractivity contribution is 14.1. The van der Waals surface area contributed by atoms with E-state index in [0.717, 1.165) is 25.5 Å². The van der Waals surface area contributed by atoms with Crippen LogP contribution < -0.4 is 0 Å². The molecule has 4 heteroatoms. The zero-order valence-corrected chi connectivity index (χ0v) is 14.5. The fourth-order valence-corrected chi connectivity index (χ4v) is 3.96. The average Bonchev–Trinajstić information content (AvgIpc) is 2.47. The quantitative estimate of drug-likeness (QED) is 0.318. The highest BCUT2D eigenvalue weighted by Gasteiger charge is 2.17. The maximum absolute atomic E-state index is 13.3. The van der Waals surface area contributed by atoms with E-state index in [1.165, 1.54) is 12.1 Å². The first-order chi connectivity index (χ1) is 10.1. The zero-order chi connectivity index (χ0) is 15.0. The molecule has 0 aliphatic rings. The molecule has 3 rings (SSSR count). The number of halogens is 4. The van der Waals surface area contributed by atoms with Crippen molar-refractivity contribution in [1.29, 1.82) is 0 Å². The third-order valence-electron chi connectivity index (χ3n) is 3.41. The Hall–Kier alpha value is -0.840. The first-order valence-corrected chi connectivity index (χ1v) is 8.23. The highest BCUT2D eigenvalue weighted by atomic mass is 127. The van der Waals surface area contributed by atoms with Gasteiger partial charge in [0, 0.05) is 14.0 Å². The van der Waals surface area contributed by atoms with Crippen molar-refractivity contribution < 1.29 is 4.39 Å². The molecule has 0 fully saturated rings. The van der Waals surface area contributed by atoms with Crippen LogP contribution in [0.2, 0.25) is 5.02 Å². The van der Waals surface area contributed by atoms with Crippen molar-refractivity contribution in [1.82, 2.24) is 0 Å². The van der Waals surface area contributed by atoms with Crippen LogP contribution in [0.3, 0.4) is 0 Å². The molecule has 1 atom stereocenters. The maximum atomic E-state index is 13.3. The molecule has 0 aliphatic carbocycles. The lowest BCUT2D eigenvalue weighted by Crippen LogP contribution is -1.98. The minimum absolute atomic E-state index is 0.256. The van der Waals surface area contributed by atoms with E-state index in [4.69, 9.17) is 23.2 Å². The summed E-state index contributed by atoms with van der Waals surface area (Å²) in [6, 6.07) is 16.3. The summed E-state index contributed by atoms with van der Waals surface area (Å²) < 4.78 is 14.1. The van der Waals surface area contributed by atoms with Crippen molar-refractivity contribution in [2.45, 2.75) is 5.38 Å². The molecule has 0 spiro atoms. The van der Waals surface area contributed by atoms with Gasteiger partial charge in [-0.25, -0.2) is 4.39 Å². The maximum Gasteiger partial charge on any atom is 0.124 e. The van der Waals surface area contributed by atoms with Crippen molar-refractivity contribution in [2.75, 3.05) is 0 Å². The molecule has 21 heavy (non-hydrogen) atoms. The molecule has 0 N–H and O–H groups in total. The fourth-order valence-electron chi connectivity index (χ4n) is 2.38. The number of rotatable bonds is 2. The second kappa shape index (κ2) is 6.11. The molecule has 0 radical (unpaired) electrons. The SMILES string of the molecule is Fc1ccc(C(Cl)c2ccc(Cl)c3ccccc23)c(I)c1. The van der Waals surface area contributed by atoms with Gasteiger partial charge in [-0.3, -0.25) is 0 Å². The van der Waals surface area contributed by atoms with Gasteiger partial charge in [0.15, 0.2) is 0 Å². The van der Waals surface area contributed by atoms with E-state index in [1.54, 1.807) is 6.07 Å². The Morgan fingerprint density at radius 2 is 1.57 bits per heavy atom. The summed E-state index contributed by atoms with van der Waals surface area (Å²) in [4.78, 5) is 0. The molecular weight excluding hydrogens is 421 g/mol. The van der Waals surface area contributed by atoms with Gasteiger partial charge in [0.1, 0.15) is 5.82 Å². The van der Waals surface area contributed by atoms with E-state index in [2.05, 4.69) is 22.6 Å². The van der Waals surface area contributed by atoms with E-state index in [1.807, 2.05) is 36.4 Å². The lowest BCUT2D eigenvalue weighted by molar-refractivity contribution is 0.626. The summed E-state index contributed by atoms with van der Waals surface area (Å²) in [5.41, 5.74) is 1.87. The van der Waals surface area contributed by atoms with Gasteiger partial charge in [-0.05, 0) is 57.3 Å². The molecule has 0 amide bonds. The summed E-state index contributed by atoms with van der Waals surface area (Å²) in [5.74, 6) is -0.256. The van der Waals surface area contributed by atoms with Crippen molar-refractivity contribution >= 4 is 56.6 Å². The predicted molar refractivity (Wildman–Crippen MR) is 95.8 cm³/mol. The zero-order valence-electron chi connectivity index (χ0n) is 10.8. The van der Waals surface area contributed by atoms with Crippen LogP contribution in [0, 0.1) is 9.39 Å². The van der Waals surface area contributed by atoms with Crippen LogP contribution in [0.1, 0.15) is 16.5 Å². The van der Waals surface area contributed by atoms with Gasteiger partial charge < -0.3 is 0 Å². The minimum Gasteiger partial charge on any atom is -0.207 e. The molecule has 0 bridgehead atoms. The molecule has 106 valence electrons. The number of fused-ring (bicyclic) bond motifs is 1. The Labute approximate surface area is 146 Å². The Balaban J connectivity index is 2.18. The van der Waals surface area contributed by atoms with Crippen LogP contribution in [0.4, 0.5) is 4.39 Å². The van der Waals surface area contributed by atoms with E-state index in [0.29, 0.717) is 5.02 Å². The van der Waals surface area contributed by atoms with Crippen molar-refractivity contribution in [2.24, 2.45) is 0 Å². The van der Waals surface area contributed by atoms with E-state index >= 15 is 0 Å². The molecule has 3 aromatic rings. The van der Waals surface area contributed by atoms with E-state index in [9.17, 15) is 4.39 Å². The van der Waals surface area contributed by atoms with Gasteiger partial charge in [-0.2, -0.15) is 0 Å².